The molecular formula is C14H20O2. The molecule has 1 unspecified atom stereocenters. The molecule has 1 N–H and O–H groups in total. The summed E-state index contributed by atoms with van der Waals surface area (Å²) in [5.74, 6) is -0.0732. The Morgan fingerprint density at radius 3 is 2.19 bits per heavy atom. The Morgan fingerprint density at radius 1 is 1.25 bits per heavy atom. The fraction of sp³-hybridized carbons (Fsp3) is 0.500. The number of carbonyl (C=O) groups is 1. The summed E-state index contributed by atoms with van der Waals surface area (Å²) in [7, 11) is 0. The van der Waals surface area contributed by atoms with Gasteiger partial charge in [-0.05, 0) is 17.9 Å². The first kappa shape index (κ1) is 12.9. The number of Topliss-reactive ketones (excluding diaryl/α,β-unsaturated/α-hetero) is 1. The van der Waals surface area contributed by atoms with Gasteiger partial charge in [0.1, 0.15) is 0 Å². The van der Waals surface area contributed by atoms with E-state index < -0.39 is 0 Å². The Hall–Kier alpha value is -1.15. The summed E-state index contributed by atoms with van der Waals surface area (Å²) in [6.45, 7) is 5.92. The Kier molecular flexibility index (Phi) is 4.69. The second-order valence-corrected chi connectivity index (χ2v) is 4.45. The van der Waals surface area contributed by atoms with Gasteiger partial charge in [0.05, 0.1) is 6.61 Å². The lowest BCUT2D eigenvalue weighted by atomic mass is 9.88. The van der Waals surface area contributed by atoms with Crippen molar-refractivity contribution in [3.05, 3.63) is 35.4 Å². The summed E-state index contributed by atoms with van der Waals surface area (Å²) in [5.41, 5.74) is 1.92. The monoisotopic (exact) mass is 220 g/mol. The molecule has 0 fully saturated rings. The molecule has 0 aliphatic heterocycles. The third-order valence-corrected chi connectivity index (χ3v) is 2.98. The second-order valence-electron chi connectivity index (χ2n) is 4.45. The molecule has 0 radical (unpaired) electrons. The summed E-state index contributed by atoms with van der Waals surface area (Å²) in [6.07, 6.45) is 0.974. The van der Waals surface area contributed by atoms with Crippen molar-refractivity contribution in [2.45, 2.75) is 27.2 Å². The largest absolute Gasteiger partial charge is 0.396 e. The third-order valence-electron chi connectivity index (χ3n) is 2.98. The number of aliphatic hydroxyl groups is 1. The molecule has 0 saturated carbocycles. The van der Waals surface area contributed by atoms with Crippen LogP contribution in [0.5, 0.6) is 0 Å². The zero-order chi connectivity index (χ0) is 12.1. The van der Waals surface area contributed by atoms with Crippen LogP contribution in [0.3, 0.4) is 0 Å². The highest BCUT2D eigenvalue weighted by Crippen LogP contribution is 2.17. The van der Waals surface area contributed by atoms with E-state index >= 15 is 0 Å². The average Bonchev–Trinajstić information content (AvgIpc) is 2.29. The van der Waals surface area contributed by atoms with Crippen LogP contribution < -0.4 is 0 Å². The number of hydrogen-bond donors (Lipinski definition) is 1. The van der Waals surface area contributed by atoms with Crippen molar-refractivity contribution in [2.75, 3.05) is 6.61 Å². The van der Waals surface area contributed by atoms with Crippen molar-refractivity contribution in [2.24, 2.45) is 11.8 Å². The number of carbonyl (C=O) groups excluding carboxylic acids is 1. The van der Waals surface area contributed by atoms with Crippen LogP contribution in [0.4, 0.5) is 0 Å². The quantitative estimate of drug-likeness (QED) is 0.775. The van der Waals surface area contributed by atoms with Gasteiger partial charge >= 0.3 is 0 Å². The average molecular weight is 220 g/mol. The number of aryl methyl sites for hydroxylation is 1. The molecule has 88 valence electrons. The molecule has 0 spiro atoms. The normalized spacial score (nSPS) is 12.8. The minimum atomic E-state index is -0.285. The molecule has 0 aliphatic rings. The van der Waals surface area contributed by atoms with Crippen LogP contribution >= 0.6 is 0 Å². The minimum Gasteiger partial charge on any atom is -0.396 e. The number of rotatable bonds is 5. The summed E-state index contributed by atoms with van der Waals surface area (Å²) in [4.78, 5) is 12.1. The van der Waals surface area contributed by atoms with Crippen molar-refractivity contribution < 1.29 is 9.90 Å². The van der Waals surface area contributed by atoms with Crippen LogP contribution in [0.2, 0.25) is 0 Å². The van der Waals surface area contributed by atoms with E-state index in [1.165, 1.54) is 5.56 Å². The van der Waals surface area contributed by atoms with Gasteiger partial charge in [-0.1, -0.05) is 45.0 Å². The Labute approximate surface area is 97.3 Å². The maximum Gasteiger partial charge on any atom is 0.168 e. The lowest BCUT2D eigenvalue weighted by molar-refractivity contribution is 0.0807. The SMILES string of the molecule is CCc1ccc(C(=O)C(CO)C(C)C)cc1. The van der Waals surface area contributed by atoms with Gasteiger partial charge in [-0.3, -0.25) is 4.79 Å². The molecule has 0 bridgehead atoms. The van der Waals surface area contributed by atoms with E-state index in [-0.39, 0.29) is 24.2 Å². The number of benzene rings is 1. The van der Waals surface area contributed by atoms with E-state index in [0.717, 1.165) is 6.42 Å². The molecule has 2 nitrogen and oxygen atoms in total. The van der Waals surface area contributed by atoms with Crippen molar-refractivity contribution in [1.29, 1.82) is 0 Å². The van der Waals surface area contributed by atoms with Crippen molar-refractivity contribution in [1.82, 2.24) is 0 Å². The van der Waals surface area contributed by atoms with E-state index in [9.17, 15) is 9.90 Å². The molecule has 1 rings (SSSR count). The molecule has 16 heavy (non-hydrogen) atoms. The Bertz CT molecular complexity index is 338. The van der Waals surface area contributed by atoms with E-state index in [0.29, 0.717) is 5.56 Å². The number of hydrogen-bond acceptors (Lipinski definition) is 2. The van der Waals surface area contributed by atoms with Crippen molar-refractivity contribution in [3.8, 4) is 0 Å². The molecule has 0 heterocycles. The van der Waals surface area contributed by atoms with Gasteiger partial charge in [0.2, 0.25) is 0 Å². The maximum absolute atomic E-state index is 12.1. The lowest BCUT2D eigenvalue weighted by Gasteiger charge is -2.16. The highest BCUT2D eigenvalue weighted by Gasteiger charge is 2.22. The van der Waals surface area contributed by atoms with Gasteiger partial charge in [0.25, 0.3) is 0 Å². The van der Waals surface area contributed by atoms with E-state index in [1.807, 2.05) is 38.1 Å². The molecule has 0 aliphatic carbocycles. The van der Waals surface area contributed by atoms with Crippen LogP contribution in [0.15, 0.2) is 24.3 Å². The molecule has 0 aromatic heterocycles. The van der Waals surface area contributed by atoms with Crippen molar-refractivity contribution in [3.63, 3.8) is 0 Å². The van der Waals surface area contributed by atoms with E-state index in [1.54, 1.807) is 0 Å². The van der Waals surface area contributed by atoms with Crippen LogP contribution in [0.1, 0.15) is 36.7 Å². The van der Waals surface area contributed by atoms with E-state index in [4.69, 9.17) is 0 Å². The van der Waals surface area contributed by atoms with Gasteiger partial charge in [-0.25, -0.2) is 0 Å². The molecular weight excluding hydrogens is 200 g/mol. The van der Waals surface area contributed by atoms with Crippen molar-refractivity contribution >= 4 is 5.78 Å². The lowest BCUT2D eigenvalue weighted by Crippen LogP contribution is -2.24. The second kappa shape index (κ2) is 5.80. The predicted octanol–water partition coefficient (Wildman–Crippen LogP) is 2.70. The molecule has 1 aromatic rings. The molecule has 0 amide bonds. The fourth-order valence-corrected chi connectivity index (χ4v) is 1.72. The van der Waals surface area contributed by atoms with Gasteiger partial charge in [0.15, 0.2) is 5.78 Å². The summed E-state index contributed by atoms with van der Waals surface area (Å²) in [6, 6.07) is 7.66. The summed E-state index contributed by atoms with van der Waals surface area (Å²) in [5, 5.41) is 9.21. The van der Waals surface area contributed by atoms with Gasteiger partial charge in [-0.2, -0.15) is 0 Å². The molecule has 0 saturated heterocycles. The smallest absolute Gasteiger partial charge is 0.168 e. The Balaban J connectivity index is 2.86. The molecule has 1 aromatic carbocycles. The fourth-order valence-electron chi connectivity index (χ4n) is 1.72. The maximum atomic E-state index is 12.1. The number of aliphatic hydroxyl groups excluding tert-OH is 1. The topological polar surface area (TPSA) is 37.3 Å². The van der Waals surface area contributed by atoms with Gasteiger partial charge in [0, 0.05) is 11.5 Å². The van der Waals surface area contributed by atoms with Crippen LogP contribution in [-0.2, 0) is 6.42 Å². The van der Waals surface area contributed by atoms with E-state index in [2.05, 4.69) is 6.92 Å². The summed E-state index contributed by atoms with van der Waals surface area (Å²) >= 11 is 0. The Morgan fingerprint density at radius 2 is 1.81 bits per heavy atom. The first-order valence-corrected chi connectivity index (χ1v) is 5.84. The predicted molar refractivity (Wildman–Crippen MR) is 65.6 cm³/mol. The molecule has 2 heteroatoms. The van der Waals surface area contributed by atoms with Crippen LogP contribution in [-0.4, -0.2) is 17.5 Å². The highest BCUT2D eigenvalue weighted by atomic mass is 16.3. The zero-order valence-corrected chi connectivity index (χ0v) is 10.2. The van der Waals surface area contributed by atoms with Gasteiger partial charge < -0.3 is 5.11 Å². The first-order chi connectivity index (χ1) is 7.60. The molecule has 1 atom stereocenters. The first-order valence-electron chi connectivity index (χ1n) is 5.84. The standard InChI is InChI=1S/C14H20O2/c1-4-11-5-7-12(8-6-11)14(16)13(9-15)10(2)3/h5-8,10,13,15H,4,9H2,1-3H3. The minimum absolute atomic E-state index is 0.0418. The number of ketones is 1. The van der Waals surface area contributed by atoms with Crippen LogP contribution in [0, 0.1) is 11.8 Å². The highest BCUT2D eigenvalue weighted by molar-refractivity contribution is 5.98. The van der Waals surface area contributed by atoms with Gasteiger partial charge in [-0.15, -0.1) is 0 Å². The third kappa shape index (κ3) is 2.92. The zero-order valence-electron chi connectivity index (χ0n) is 10.2. The van der Waals surface area contributed by atoms with Crippen LogP contribution in [0.25, 0.3) is 0 Å². The summed E-state index contributed by atoms with van der Waals surface area (Å²) < 4.78 is 0.